The Balaban J connectivity index is 1.42. The highest BCUT2D eigenvalue weighted by molar-refractivity contribution is 7.92. The summed E-state index contributed by atoms with van der Waals surface area (Å²) in [6, 6.07) is 39.8. The lowest BCUT2D eigenvalue weighted by molar-refractivity contribution is 0.574. The molecule has 1 aliphatic rings. The molecule has 0 aliphatic heterocycles. The average molecular weight is 517 g/mol. The summed E-state index contributed by atoms with van der Waals surface area (Å²) in [5.41, 5.74) is 7.24. The molecule has 0 heterocycles. The first kappa shape index (κ1) is 24.6. The molecule has 1 fully saturated rings. The van der Waals surface area contributed by atoms with Gasteiger partial charge in [0.1, 0.15) is 0 Å². The molecule has 0 radical (unpaired) electrons. The monoisotopic (exact) mass is 516 g/mol. The van der Waals surface area contributed by atoms with Crippen molar-refractivity contribution >= 4 is 20.6 Å². The third-order valence-electron chi connectivity index (χ3n) is 7.96. The molecular formula is C35H32O2S. The summed E-state index contributed by atoms with van der Waals surface area (Å²) < 4.78 is 26.2. The van der Waals surface area contributed by atoms with Gasteiger partial charge in [-0.15, -0.1) is 0 Å². The first-order valence-corrected chi connectivity index (χ1v) is 15.0. The molecule has 1 aliphatic carbocycles. The van der Waals surface area contributed by atoms with Crippen LogP contribution < -0.4 is 0 Å². The van der Waals surface area contributed by atoms with Crippen LogP contribution in [0.3, 0.4) is 0 Å². The predicted molar refractivity (Wildman–Crippen MR) is 158 cm³/mol. The highest BCUT2D eigenvalue weighted by Crippen LogP contribution is 2.39. The van der Waals surface area contributed by atoms with E-state index in [9.17, 15) is 8.42 Å². The Morgan fingerprint density at radius 2 is 1.37 bits per heavy atom. The minimum absolute atomic E-state index is 0.310. The number of hydrogen-bond acceptors (Lipinski definition) is 2. The van der Waals surface area contributed by atoms with E-state index in [0.29, 0.717) is 10.8 Å². The Morgan fingerprint density at radius 3 is 2.05 bits per heavy atom. The number of sulfone groups is 1. The Kier molecular flexibility index (Phi) is 6.63. The molecule has 0 bridgehead atoms. The summed E-state index contributed by atoms with van der Waals surface area (Å²) in [4.78, 5) is 0.428. The molecule has 1 saturated carbocycles. The lowest BCUT2D eigenvalue weighted by Gasteiger charge is -2.16. The van der Waals surface area contributed by atoms with Crippen LogP contribution in [0.4, 0.5) is 0 Å². The van der Waals surface area contributed by atoms with Crippen LogP contribution in [0.5, 0.6) is 0 Å². The van der Waals surface area contributed by atoms with Gasteiger partial charge in [-0.1, -0.05) is 97.1 Å². The van der Waals surface area contributed by atoms with E-state index in [1.54, 1.807) is 12.1 Å². The highest BCUT2D eigenvalue weighted by Gasteiger charge is 2.37. The van der Waals surface area contributed by atoms with E-state index in [1.807, 2.05) is 19.1 Å². The van der Waals surface area contributed by atoms with Crippen molar-refractivity contribution < 1.29 is 8.42 Å². The molecule has 5 aromatic rings. The smallest absolute Gasteiger partial charge is 0.181 e. The maximum absolute atomic E-state index is 13.1. The van der Waals surface area contributed by atoms with Gasteiger partial charge in [0.05, 0.1) is 10.1 Å². The van der Waals surface area contributed by atoms with Crippen molar-refractivity contribution in [3.8, 4) is 22.3 Å². The van der Waals surface area contributed by atoms with Crippen LogP contribution in [-0.2, 0) is 22.7 Å². The fraction of sp³-hybridized carbons (Fsp3) is 0.200. The SMILES string of the molecule is CC(C1CC1)S(=O)(=O)c1ccc(-c2cc(CCc3ccccc3)c3c(-c4ccccc4)cccc3c2)cc1. The highest BCUT2D eigenvalue weighted by atomic mass is 32.2. The van der Waals surface area contributed by atoms with Crippen molar-refractivity contribution in [1.82, 2.24) is 0 Å². The van der Waals surface area contributed by atoms with Crippen LogP contribution in [0.25, 0.3) is 33.0 Å². The second-order valence-electron chi connectivity index (χ2n) is 10.5. The molecule has 3 heteroatoms. The Labute approximate surface area is 225 Å². The molecule has 0 saturated heterocycles. The lowest BCUT2D eigenvalue weighted by Crippen LogP contribution is -2.19. The largest absolute Gasteiger partial charge is 0.223 e. The van der Waals surface area contributed by atoms with Crippen molar-refractivity contribution in [3.63, 3.8) is 0 Å². The molecule has 0 amide bonds. The van der Waals surface area contributed by atoms with Gasteiger partial charge in [-0.25, -0.2) is 8.42 Å². The predicted octanol–water partition coefficient (Wildman–Crippen LogP) is 8.53. The van der Waals surface area contributed by atoms with Gasteiger partial charge in [0.15, 0.2) is 9.84 Å². The second kappa shape index (κ2) is 10.2. The molecule has 5 aromatic carbocycles. The van der Waals surface area contributed by atoms with Crippen LogP contribution in [0.2, 0.25) is 0 Å². The Hall–Kier alpha value is -3.69. The Morgan fingerprint density at radius 1 is 0.684 bits per heavy atom. The van der Waals surface area contributed by atoms with Crippen molar-refractivity contribution in [1.29, 1.82) is 0 Å². The third-order valence-corrected chi connectivity index (χ3v) is 10.3. The summed E-state index contributed by atoms with van der Waals surface area (Å²) in [5.74, 6) is 0.311. The standard InChI is InChI=1S/C35H32O2S/c1-25(27-17-18-27)38(36,37)33-21-19-28(20-22-33)32-23-30-13-8-14-34(29-11-6-3-7-12-29)35(30)31(24-32)16-15-26-9-4-2-5-10-26/h2-14,19-25,27H,15-18H2,1H3. The van der Waals surface area contributed by atoms with Gasteiger partial charge in [0, 0.05) is 0 Å². The zero-order valence-corrected chi connectivity index (χ0v) is 22.5. The molecule has 38 heavy (non-hydrogen) atoms. The van der Waals surface area contributed by atoms with Crippen LogP contribution >= 0.6 is 0 Å². The number of hydrogen-bond donors (Lipinski definition) is 0. The molecule has 190 valence electrons. The maximum atomic E-state index is 13.1. The van der Waals surface area contributed by atoms with Crippen LogP contribution in [0.1, 0.15) is 30.9 Å². The quantitative estimate of drug-likeness (QED) is 0.207. The maximum Gasteiger partial charge on any atom is 0.181 e. The molecule has 1 unspecified atom stereocenters. The zero-order valence-electron chi connectivity index (χ0n) is 21.7. The van der Waals surface area contributed by atoms with Crippen LogP contribution in [-0.4, -0.2) is 13.7 Å². The topological polar surface area (TPSA) is 34.1 Å². The van der Waals surface area contributed by atoms with Crippen LogP contribution in [0.15, 0.2) is 120 Å². The van der Waals surface area contributed by atoms with Crippen molar-refractivity contribution in [3.05, 3.63) is 126 Å². The number of rotatable bonds is 8. The van der Waals surface area contributed by atoms with Gasteiger partial charge in [-0.2, -0.15) is 0 Å². The van der Waals surface area contributed by atoms with Gasteiger partial charge in [-0.05, 0) is 101 Å². The number of aryl methyl sites for hydroxylation is 2. The van der Waals surface area contributed by atoms with E-state index in [0.717, 1.165) is 36.8 Å². The van der Waals surface area contributed by atoms with Crippen molar-refractivity contribution in [2.24, 2.45) is 5.92 Å². The van der Waals surface area contributed by atoms with E-state index in [4.69, 9.17) is 0 Å². The second-order valence-corrected chi connectivity index (χ2v) is 12.8. The number of fused-ring (bicyclic) bond motifs is 1. The summed E-state index contributed by atoms with van der Waals surface area (Å²) in [5, 5.41) is 2.18. The van der Waals surface area contributed by atoms with Gasteiger partial charge in [0.2, 0.25) is 0 Å². The lowest BCUT2D eigenvalue weighted by atomic mass is 9.89. The summed E-state index contributed by atoms with van der Waals surface area (Å²) in [6.07, 6.45) is 3.92. The minimum Gasteiger partial charge on any atom is -0.223 e. The third kappa shape index (κ3) is 4.91. The zero-order chi connectivity index (χ0) is 26.1. The normalized spacial score (nSPS) is 14.4. The molecule has 2 nitrogen and oxygen atoms in total. The van der Waals surface area contributed by atoms with Gasteiger partial charge >= 0.3 is 0 Å². The molecule has 0 N–H and O–H groups in total. The van der Waals surface area contributed by atoms with E-state index < -0.39 is 9.84 Å². The van der Waals surface area contributed by atoms with E-state index in [2.05, 4.69) is 91.0 Å². The summed E-state index contributed by atoms with van der Waals surface area (Å²) in [7, 11) is -3.29. The molecular weight excluding hydrogens is 484 g/mol. The fourth-order valence-corrected chi connectivity index (χ4v) is 7.26. The first-order valence-electron chi connectivity index (χ1n) is 13.5. The summed E-state index contributed by atoms with van der Waals surface area (Å²) in [6.45, 7) is 1.85. The van der Waals surface area contributed by atoms with Gasteiger partial charge < -0.3 is 0 Å². The van der Waals surface area contributed by atoms with Crippen molar-refractivity contribution in [2.45, 2.75) is 42.8 Å². The van der Waals surface area contributed by atoms with Crippen LogP contribution in [0, 0.1) is 5.92 Å². The molecule has 1 atom stereocenters. The minimum atomic E-state index is -3.29. The van der Waals surface area contributed by atoms with E-state index >= 15 is 0 Å². The molecule has 0 aromatic heterocycles. The van der Waals surface area contributed by atoms with Gasteiger partial charge in [-0.3, -0.25) is 0 Å². The Bertz CT molecular complexity index is 1670. The average Bonchev–Trinajstić information content (AvgIpc) is 3.82. The van der Waals surface area contributed by atoms with Gasteiger partial charge in [0.25, 0.3) is 0 Å². The summed E-state index contributed by atoms with van der Waals surface area (Å²) >= 11 is 0. The van der Waals surface area contributed by atoms with E-state index in [-0.39, 0.29) is 5.25 Å². The molecule has 0 spiro atoms. The first-order chi connectivity index (χ1) is 18.5. The molecule has 6 rings (SSSR count). The van der Waals surface area contributed by atoms with E-state index in [1.165, 1.54) is 33.0 Å². The van der Waals surface area contributed by atoms with Crippen molar-refractivity contribution in [2.75, 3.05) is 0 Å². The fourth-order valence-electron chi connectivity index (χ4n) is 5.53. The number of benzene rings is 5.